The molecule has 4 aromatic rings. The van der Waals surface area contributed by atoms with Gasteiger partial charge < -0.3 is 14.2 Å². The van der Waals surface area contributed by atoms with Gasteiger partial charge >= 0.3 is 0 Å². The summed E-state index contributed by atoms with van der Waals surface area (Å²) in [5.74, 6) is 1.52. The van der Waals surface area contributed by atoms with Gasteiger partial charge in [0.15, 0.2) is 0 Å². The maximum atomic E-state index is 13.4. The number of aromatic nitrogens is 2. The smallest absolute Gasteiger partial charge is 0.227 e. The van der Waals surface area contributed by atoms with Crippen LogP contribution < -0.4 is 9.64 Å². The molecule has 0 radical (unpaired) electrons. The van der Waals surface area contributed by atoms with Gasteiger partial charge in [-0.3, -0.25) is 4.79 Å². The van der Waals surface area contributed by atoms with Crippen LogP contribution in [0.4, 0.5) is 10.1 Å². The Hall–Kier alpha value is -3.67. The first-order chi connectivity index (χ1) is 16.5. The third kappa shape index (κ3) is 4.53. The first-order valence-electron chi connectivity index (χ1n) is 11.7. The van der Waals surface area contributed by atoms with Crippen LogP contribution in [-0.4, -0.2) is 28.6 Å². The molecular weight excluding hydrogens is 429 g/mol. The Kier molecular flexibility index (Phi) is 6.05. The van der Waals surface area contributed by atoms with Crippen LogP contribution in [0, 0.1) is 19.7 Å². The topological polar surface area (TPSA) is 47.4 Å². The molecule has 0 spiro atoms. The van der Waals surface area contributed by atoms with Gasteiger partial charge in [0.2, 0.25) is 5.91 Å². The highest BCUT2D eigenvalue weighted by atomic mass is 19.1. The van der Waals surface area contributed by atoms with Gasteiger partial charge in [0.1, 0.15) is 17.4 Å². The van der Waals surface area contributed by atoms with Crippen LogP contribution >= 0.6 is 0 Å². The zero-order valence-corrected chi connectivity index (χ0v) is 19.5. The minimum Gasteiger partial charge on any atom is -0.494 e. The van der Waals surface area contributed by atoms with Crippen LogP contribution in [0.15, 0.2) is 66.7 Å². The molecule has 1 aromatic heterocycles. The molecule has 174 valence electrons. The summed E-state index contributed by atoms with van der Waals surface area (Å²) in [6.45, 7) is 6.03. The van der Waals surface area contributed by atoms with E-state index in [1.165, 1.54) is 23.3 Å². The van der Waals surface area contributed by atoms with E-state index in [0.29, 0.717) is 19.6 Å². The molecule has 0 bridgehead atoms. The predicted octanol–water partition coefficient (Wildman–Crippen LogP) is 5.78. The number of amides is 1. The molecule has 6 heteroatoms. The van der Waals surface area contributed by atoms with Gasteiger partial charge in [-0.05, 0) is 79.9 Å². The van der Waals surface area contributed by atoms with Crippen LogP contribution in [0.3, 0.4) is 0 Å². The summed E-state index contributed by atoms with van der Waals surface area (Å²) >= 11 is 0. The summed E-state index contributed by atoms with van der Waals surface area (Å²) in [6.07, 6.45) is 1.21. The minimum atomic E-state index is -0.309. The minimum absolute atomic E-state index is 0.0229. The van der Waals surface area contributed by atoms with E-state index in [1.807, 2.05) is 18.2 Å². The van der Waals surface area contributed by atoms with E-state index in [9.17, 15) is 9.18 Å². The first kappa shape index (κ1) is 22.1. The summed E-state index contributed by atoms with van der Waals surface area (Å²) in [7, 11) is 0. The number of fused-ring (bicyclic) bond motifs is 1. The number of aryl methyl sites for hydroxylation is 3. The molecule has 5 nitrogen and oxygen atoms in total. The quantitative estimate of drug-likeness (QED) is 0.331. The van der Waals surface area contributed by atoms with Crippen LogP contribution in [0.1, 0.15) is 35.7 Å². The first-order valence-corrected chi connectivity index (χ1v) is 11.7. The summed E-state index contributed by atoms with van der Waals surface area (Å²) in [6, 6.07) is 20.4. The maximum Gasteiger partial charge on any atom is 0.227 e. The average molecular weight is 458 g/mol. The predicted molar refractivity (Wildman–Crippen MR) is 132 cm³/mol. The van der Waals surface area contributed by atoms with Crippen molar-refractivity contribution in [3.8, 4) is 5.75 Å². The third-order valence-electron chi connectivity index (χ3n) is 6.30. The second-order valence-corrected chi connectivity index (χ2v) is 9.02. The number of hydrogen-bond acceptors (Lipinski definition) is 3. The Balaban J connectivity index is 1.34. The monoisotopic (exact) mass is 457 g/mol. The molecule has 3 aromatic carbocycles. The van der Waals surface area contributed by atoms with Crippen molar-refractivity contribution in [1.29, 1.82) is 0 Å². The highest BCUT2D eigenvalue weighted by Gasteiger charge is 2.34. The number of carbonyl (C=O) groups excluding carboxylic acids is 1. The zero-order valence-electron chi connectivity index (χ0n) is 19.5. The van der Waals surface area contributed by atoms with Crippen molar-refractivity contribution in [2.75, 3.05) is 18.1 Å². The number of hydrogen-bond donors (Lipinski definition) is 0. The van der Waals surface area contributed by atoms with Crippen LogP contribution in [0.5, 0.6) is 5.75 Å². The number of nitrogens with zero attached hydrogens (tertiary/aromatic N) is 3. The number of benzene rings is 3. The number of carbonyl (C=O) groups is 1. The van der Waals surface area contributed by atoms with E-state index in [-0.39, 0.29) is 17.6 Å². The Morgan fingerprint density at radius 2 is 1.76 bits per heavy atom. The van der Waals surface area contributed by atoms with Crippen LogP contribution in [0.25, 0.3) is 11.0 Å². The van der Waals surface area contributed by atoms with Crippen molar-refractivity contribution >= 4 is 22.6 Å². The summed E-state index contributed by atoms with van der Waals surface area (Å²) in [5.41, 5.74) is 5.10. The fourth-order valence-electron chi connectivity index (χ4n) is 4.82. The molecular formula is C28H28FN3O2. The highest BCUT2D eigenvalue weighted by Crippen LogP contribution is 2.33. The lowest BCUT2D eigenvalue weighted by Crippen LogP contribution is -2.24. The Labute approximate surface area is 198 Å². The zero-order chi connectivity index (χ0) is 23.7. The van der Waals surface area contributed by atoms with Gasteiger partial charge in [0.25, 0.3) is 0 Å². The van der Waals surface area contributed by atoms with Gasteiger partial charge in [-0.25, -0.2) is 9.37 Å². The lowest BCUT2D eigenvalue weighted by Gasteiger charge is -2.17. The molecule has 1 amide bonds. The average Bonchev–Trinajstić information content (AvgIpc) is 3.37. The molecule has 0 aliphatic carbocycles. The molecule has 34 heavy (non-hydrogen) atoms. The standard InChI is InChI=1S/C28H28FN3O2/c1-19-14-20(2)16-24(15-19)34-13-5-12-31-26-7-4-3-6-25(26)30-28(31)21-17-27(33)32(18-21)23-10-8-22(29)9-11-23/h3-4,6-11,14-16,21H,5,12-13,17-18H2,1-2H3/t21-/m1/s1. The van der Waals surface area contributed by atoms with Crippen molar-refractivity contribution in [3.63, 3.8) is 0 Å². The van der Waals surface area contributed by atoms with E-state index in [0.717, 1.165) is 41.3 Å². The Morgan fingerprint density at radius 1 is 1.03 bits per heavy atom. The molecule has 2 heterocycles. The second-order valence-electron chi connectivity index (χ2n) is 9.02. The summed E-state index contributed by atoms with van der Waals surface area (Å²) in [4.78, 5) is 19.5. The number of anilines is 1. The SMILES string of the molecule is Cc1cc(C)cc(OCCCn2c([C@@H]3CC(=O)N(c4ccc(F)cc4)C3)nc3ccccc32)c1. The van der Waals surface area contributed by atoms with Crippen molar-refractivity contribution < 1.29 is 13.9 Å². The molecule has 1 aliphatic rings. The summed E-state index contributed by atoms with van der Waals surface area (Å²) < 4.78 is 21.6. The van der Waals surface area contributed by atoms with Gasteiger partial charge in [0.05, 0.1) is 17.6 Å². The fourth-order valence-corrected chi connectivity index (χ4v) is 4.82. The molecule has 1 atom stereocenters. The highest BCUT2D eigenvalue weighted by molar-refractivity contribution is 5.96. The lowest BCUT2D eigenvalue weighted by molar-refractivity contribution is -0.117. The van der Waals surface area contributed by atoms with Crippen molar-refractivity contribution in [3.05, 3.63) is 89.5 Å². The number of ether oxygens (including phenoxy) is 1. The number of para-hydroxylation sites is 2. The van der Waals surface area contributed by atoms with Crippen molar-refractivity contribution in [2.45, 2.75) is 39.2 Å². The van der Waals surface area contributed by atoms with Gasteiger partial charge in [0, 0.05) is 31.1 Å². The molecule has 1 aliphatic heterocycles. The Bertz CT molecular complexity index is 1310. The molecule has 0 N–H and O–H groups in total. The normalized spacial score (nSPS) is 15.9. The van der Waals surface area contributed by atoms with E-state index in [1.54, 1.807) is 17.0 Å². The van der Waals surface area contributed by atoms with Crippen LogP contribution in [-0.2, 0) is 11.3 Å². The van der Waals surface area contributed by atoms with E-state index >= 15 is 0 Å². The van der Waals surface area contributed by atoms with Crippen LogP contribution in [0.2, 0.25) is 0 Å². The number of halogens is 1. The number of imidazole rings is 1. The van der Waals surface area contributed by atoms with Crippen molar-refractivity contribution in [1.82, 2.24) is 9.55 Å². The lowest BCUT2D eigenvalue weighted by atomic mass is 10.1. The third-order valence-corrected chi connectivity index (χ3v) is 6.30. The van der Waals surface area contributed by atoms with Crippen molar-refractivity contribution in [2.24, 2.45) is 0 Å². The maximum absolute atomic E-state index is 13.4. The largest absolute Gasteiger partial charge is 0.494 e. The second kappa shape index (κ2) is 9.29. The molecule has 1 fully saturated rings. The van der Waals surface area contributed by atoms with Gasteiger partial charge in [-0.15, -0.1) is 0 Å². The van der Waals surface area contributed by atoms with E-state index in [4.69, 9.17) is 9.72 Å². The molecule has 0 saturated carbocycles. The number of rotatable bonds is 7. The van der Waals surface area contributed by atoms with Gasteiger partial charge in [-0.1, -0.05) is 18.2 Å². The fraction of sp³-hybridized carbons (Fsp3) is 0.286. The van der Waals surface area contributed by atoms with E-state index in [2.05, 4.69) is 42.7 Å². The molecule has 1 saturated heterocycles. The van der Waals surface area contributed by atoms with Gasteiger partial charge in [-0.2, -0.15) is 0 Å². The Morgan fingerprint density at radius 3 is 2.53 bits per heavy atom. The molecule has 5 rings (SSSR count). The van der Waals surface area contributed by atoms with E-state index < -0.39 is 0 Å². The summed E-state index contributed by atoms with van der Waals surface area (Å²) in [5, 5.41) is 0. The molecule has 0 unspecified atom stereocenters.